The van der Waals surface area contributed by atoms with Gasteiger partial charge in [-0.15, -0.1) is 0 Å². The first-order valence-electron chi connectivity index (χ1n) is 10.3. The molecule has 0 fully saturated rings. The van der Waals surface area contributed by atoms with Gasteiger partial charge in [0.1, 0.15) is 35.7 Å². The Labute approximate surface area is 185 Å². The summed E-state index contributed by atoms with van der Waals surface area (Å²) in [7, 11) is 1.55. The molecule has 2 unspecified atom stereocenters. The van der Waals surface area contributed by atoms with E-state index in [0.717, 1.165) is 5.69 Å². The van der Waals surface area contributed by atoms with Crippen molar-refractivity contribution in [2.75, 3.05) is 13.7 Å². The van der Waals surface area contributed by atoms with Crippen molar-refractivity contribution in [3.05, 3.63) is 65.5 Å². The Morgan fingerprint density at radius 1 is 1.06 bits per heavy atom. The number of aliphatic hydroxyl groups is 1. The fourth-order valence-corrected chi connectivity index (χ4v) is 3.63. The van der Waals surface area contributed by atoms with E-state index < -0.39 is 12.2 Å². The molecule has 1 aliphatic rings. The summed E-state index contributed by atoms with van der Waals surface area (Å²) in [5.74, 6) is 1.80. The van der Waals surface area contributed by atoms with Gasteiger partial charge in [0.05, 0.1) is 31.7 Å². The summed E-state index contributed by atoms with van der Waals surface area (Å²) in [4.78, 5) is 4.33. The van der Waals surface area contributed by atoms with E-state index in [1.165, 1.54) is 12.1 Å². The second-order valence-corrected chi connectivity index (χ2v) is 7.37. The van der Waals surface area contributed by atoms with Gasteiger partial charge in [0.25, 0.3) is 0 Å². The summed E-state index contributed by atoms with van der Waals surface area (Å²) < 4.78 is 22.7. The highest BCUT2D eigenvalue weighted by molar-refractivity contribution is 5.52. The molecule has 1 aromatic heterocycles. The van der Waals surface area contributed by atoms with Crippen LogP contribution in [0.1, 0.15) is 29.8 Å². The van der Waals surface area contributed by atoms with Gasteiger partial charge in [-0.05, 0) is 36.8 Å². The minimum Gasteiger partial charge on any atom is -0.508 e. The predicted octanol–water partition coefficient (Wildman–Crippen LogP) is 3.52. The molecule has 0 amide bonds. The van der Waals surface area contributed by atoms with Crippen LogP contribution in [0.3, 0.4) is 0 Å². The average Bonchev–Trinajstić information content (AvgIpc) is 2.79. The number of aromatic hydroxyl groups is 2. The first kappa shape index (κ1) is 21.6. The number of hydrogen-bond donors (Lipinski definition) is 3. The van der Waals surface area contributed by atoms with E-state index in [1.807, 2.05) is 19.1 Å². The van der Waals surface area contributed by atoms with Gasteiger partial charge in [-0.2, -0.15) is 0 Å². The summed E-state index contributed by atoms with van der Waals surface area (Å²) >= 11 is 0. The fraction of sp³-hybridized carbons (Fsp3) is 0.292. The SMILES string of the molecule is CCOc1ccc(COc2cc(C3Oc4cc(O)cc(O)c4CC3O)ccc2OC)nc1. The molecule has 2 heterocycles. The number of fused-ring (bicyclic) bond motifs is 1. The first-order valence-corrected chi connectivity index (χ1v) is 10.3. The molecule has 3 N–H and O–H groups in total. The molecule has 2 aromatic carbocycles. The zero-order valence-electron chi connectivity index (χ0n) is 17.8. The van der Waals surface area contributed by atoms with Crippen LogP contribution >= 0.6 is 0 Å². The molecule has 2 atom stereocenters. The maximum absolute atomic E-state index is 10.7. The van der Waals surface area contributed by atoms with Crippen LogP contribution in [0.4, 0.5) is 0 Å². The molecular weight excluding hydrogens is 414 g/mol. The van der Waals surface area contributed by atoms with E-state index >= 15 is 0 Å². The van der Waals surface area contributed by atoms with E-state index in [2.05, 4.69) is 4.98 Å². The largest absolute Gasteiger partial charge is 0.508 e. The van der Waals surface area contributed by atoms with Gasteiger partial charge < -0.3 is 34.3 Å². The van der Waals surface area contributed by atoms with E-state index in [-0.39, 0.29) is 24.5 Å². The van der Waals surface area contributed by atoms with Gasteiger partial charge in [-0.1, -0.05) is 6.07 Å². The molecule has 32 heavy (non-hydrogen) atoms. The maximum Gasteiger partial charge on any atom is 0.162 e. The van der Waals surface area contributed by atoms with E-state index in [1.54, 1.807) is 31.5 Å². The lowest BCUT2D eigenvalue weighted by atomic mass is 9.94. The molecule has 0 saturated carbocycles. The van der Waals surface area contributed by atoms with Crippen molar-refractivity contribution in [2.24, 2.45) is 0 Å². The molecule has 0 saturated heterocycles. The van der Waals surface area contributed by atoms with Crippen LogP contribution in [0.15, 0.2) is 48.7 Å². The summed E-state index contributed by atoms with van der Waals surface area (Å²) in [6.07, 6.45) is 0.224. The van der Waals surface area contributed by atoms with Gasteiger partial charge >= 0.3 is 0 Å². The van der Waals surface area contributed by atoms with E-state index in [9.17, 15) is 15.3 Å². The highest BCUT2D eigenvalue weighted by atomic mass is 16.5. The molecule has 8 nitrogen and oxygen atoms in total. The number of pyridine rings is 1. The number of nitrogens with zero attached hydrogens (tertiary/aromatic N) is 1. The smallest absolute Gasteiger partial charge is 0.162 e. The van der Waals surface area contributed by atoms with Crippen LogP contribution in [0.25, 0.3) is 0 Å². The van der Waals surface area contributed by atoms with Gasteiger partial charge in [0.15, 0.2) is 11.5 Å². The van der Waals surface area contributed by atoms with Crippen molar-refractivity contribution >= 4 is 0 Å². The first-order chi connectivity index (χ1) is 15.5. The molecule has 0 spiro atoms. The number of hydrogen-bond acceptors (Lipinski definition) is 8. The summed E-state index contributed by atoms with van der Waals surface area (Å²) in [6.45, 7) is 2.69. The molecular formula is C24H25NO7. The minimum absolute atomic E-state index is 0.112. The van der Waals surface area contributed by atoms with Crippen molar-refractivity contribution < 1.29 is 34.3 Å². The van der Waals surface area contributed by atoms with Crippen LogP contribution < -0.4 is 18.9 Å². The molecule has 3 aromatic rings. The highest BCUT2D eigenvalue weighted by Crippen LogP contribution is 2.43. The molecule has 1 aliphatic heterocycles. The lowest BCUT2D eigenvalue weighted by Gasteiger charge is -2.31. The van der Waals surface area contributed by atoms with Gasteiger partial charge in [-0.25, -0.2) is 0 Å². The summed E-state index contributed by atoms with van der Waals surface area (Å²) in [5.41, 5.74) is 1.84. The Kier molecular flexibility index (Phi) is 6.23. The second-order valence-electron chi connectivity index (χ2n) is 7.37. The van der Waals surface area contributed by atoms with Gasteiger partial charge in [-0.3, -0.25) is 4.98 Å². The standard InChI is InChI=1S/C24H25NO7/c1-3-30-17-6-5-15(25-12-17)13-31-23-8-14(4-7-21(23)29-2)24-20(28)11-18-19(27)9-16(26)10-22(18)32-24/h4-10,12,20,24,26-28H,3,11,13H2,1-2H3. The minimum atomic E-state index is -0.896. The lowest BCUT2D eigenvalue weighted by Crippen LogP contribution is -2.30. The van der Waals surface area contributed by atoms with Gasteiger partial charge in [0.2, 0.25) is 0 Å². The topological polar surface area (TPSA) is 111 Å². The van der Waals surface area contributed by atoms with Crippen molar-refractivity contribution in [3.8, 4) is 34.5 Å². The Morgan fingerprint density at radius 2 is 1.91 bits per heavy atom. The van der Waals surface area contributed by atoms with Crippen molar-refractivity contribution in [2.45, 2.75) is 32.2 Å². The van der Waals surface area contributed by atoms with Crippen molar-refractivity contribution in [1.29, 1.82) is 0 Å². The van der Waals surface area contributed by atoms with Crippen LogP contribution in [-0.4, -0.2) is 40.1 Å². The summed E-state index contributed by atoms with van der Waals surface area (Å²) in [5, 5.41) is 30.5. The monoisotopic (exact) mass is 439 g/mol. The van der Waals surface area contributed by atoms with E-state index in [0.29, 0.717) is 40.7 Å². The number of phenolic OH excluding ortho intramolecular Hbond substituents is 2. The number of rotatable bonds is 7. The number of benzene rings is 2. The molecule has 4 rings (SSSR count). The Bertz CT molecular complexity index is 1080. The molecule has 8 heteroatoms. The van der Waals surface area contributed by atoms with Crippen LogP contribution in [0.5, 0.6) is 34.5 Å². The molecule has 0 aliphatic carbocycles. The third-order valence-corrected chi connectivity index (χ3v) is 5.19. The van der Waals surface area contributed by atoms with Gasteiger partial charge in [0, 0.05) is 24.1 Å². The molecule has 0 radical (unpaired) electrons. The number of aromatic nitrogens is 1. The average molecular weight is 439 g/mol. The quantitative estimate of drug-likeness (QED) is 0.513. The van der Waals surface area contributed by atoms with Crippen molar-refractivity contribution in [1.82, 2.24) is 4.98 Å². The summed E-state index contributed by atoms with van der Waals surface area (Å²) in [6, 6.07) is 11.6. The zero-order chi connectivity index (χ0) is 22.7. The van der Waals surface area contributed by atoms with Crippen LogP contribution in [0, 0.1) is 0 Å². The third kappa shape index (κ3) is 4.50. The normalized spacial score (nSPS) is 17.2. The zero-order valence-corrected chi connectivity index (χ0v) is 17.8. The highest BCUT2D eigenvalue weighted by Gasteiger charge is 2.32. The maximum atomic E-state index is 10.7. The molecule has 168 valence electrons. The number of phenols is 2. The second kappa shape index (κ2) is 9.23. The fourth-order valence-electron chi connectivity index (χ4n) is 3.63. The van der Waals surface area contributed by atoms with Crippen LogP contribution in [-0.2, 0) is 13.0 Å². The Balaban J connectivity index is 1.55. The molecule has 0 bridgehead atoms. The number of methoxy groups -OCH3 is 1. The van der Waals surface area contributed by atoms with Crippen molar-refractivity contribution in [3.63, 3.8) is 0 Å². The number of aliphatic hydroxyl groups excluding tert-OH is 1. The van der Waals surface area contributed by atoms with Crippen LogP contribution in [0.2, 0.25) is 0 Å². The van der Waals surface area contributed by atoms with E-state index in [4.69, 9.17) is 18.9 Å². The lowest BCUT2D eigenvalue weighted by molar-refractivity contribution is 0.0196. The number of ether oxygens (including phenoxy) is 4. The Morgan fingerprint density at radius 3 is 2.62 bits per heavy atom. The third-order valence-electron chi connectivity index (χ3n) is 5.19. The predicted molar refractivity (Wildman–Crippen MR) is 116 cm³/mol. The Hall–Kier alpha value is -3.65.